The molecule has 0 radical (unpaired) electrons. The van der Waals surface area contributed by atoms with Crippen LogP contribution in [0, 0.1) is 0 Å². The van der Waals surface area contributed by atoms with Gasteiger partial charge < -0.3 is 13.9 Å². The number of fused-ring (bicyclic) bond motifs is 7. The van der Waals surface area contributed by atoms with Gasteiger partial charge in [-0.25, -0.2) is 4.98 Å². The number of nitrogens with zero attached hydrogens (tertiary/aromatic N) is 3. The Morgan fingerprint density at radius 3 is 1.81 bits per heavy atom. The summed E-state index contributed by atoms with van der Waals surface area (Å²) in [4.78, 5) is 10.4. The summed E-state index contributed by atoms with van der Waals surface area (Å²) in [5.41, 5.74) is 14.4. The second kappa shape index (κ2) is 14.7. The molecule has 7 aromatic carbocycles. The quantitative estimate of drug-likeness (QED) is 0.181. The SMILES string of the molecule is CC(C)(C)c1cc(-c2nc3c4c(ccc3n2-c2ccc(-c3ccccc3)cc2-c2ccccc2)oc2oc3ccc(-c5cc(-c6ccccc6)ccn5)cc3c24)c(O)c(C(C)(C)C)c1. The van der Waals surface area contributed by atoms with Crippen LogP contribution < -0.4 is 0 Å². The molecule has 64 heavy (non-hydrogen) atoms. The van der Waals surface area contributed by atoms with Gasteiger partial charge in [0.05, 0.1) is 33.2 Å². The first-order valence-corrected chi connectivity index (χ1v) is 21.9. The van der Waals surface area contributed by atoms with Crippen LogP contribution in [0.15, 0.2) is 179 Å². The van der Waals surface area contributed by atoms with Gasteiger partial charge in [0.15, 0.2) is 0 Å². The molecule has 0 spiro atoms. The van der Waals surface area contributed by atoms with Gasteiger partial charge in [-0.1, -0.05) is 145 Å². The third kappa shape index (κ3) is 6.56. The maximum Gasteiger partial charge on any atom is 0.299 e. The number of aromatic hydroxyl groups is 1. The number of hydrogen-bond acceptors (Lipinski definition) is 5. The van der Waals surface area contributed by atoms with E-state index in [2.05, 4.69) is 174 Å². The molecule has 0 saturated heterocycles. The Labute approximate surface area is 372 Å². The smallest absolute Gasteiger partial charge is 0.299 e. The van der Waals surface area contributed by atoms with Crippen molar-refractivity contribution in [2.24, 2.45) is 0 Å². The molecular formula is C58H47N3O3. The molecule has 6 nitrogen and oxygen atoms in total. The van der Waals surface area contributed by atoms with Crippen LogP contribution >= 0.6 is 0 Å². The zero-order valence-electron chi connectivity index (χ0n) is 36.8. The lowest BCUT2D eigenvalue weighted by molar-refractivity contribution is 0.446. The van der Waals surface area contributed by atoms with Crippen LogP contribution in [0.2, 0.25) is 0 Å². The summed E-state index contributed by atoms with van der Waals surface area (Å²) in [7, 11) is 0. The minimum absolute atomic E-state index is 0.210. The standard InChI is InChI=1S/C58H47N3O3/c1-57(2,3)41-33-44(54(62)45(34-41)58(4,5)6)55-60-53-48(61(55)47-24-22-38(35-16-10-7-11-17-35)30-42(47)37-20-14-9-15-21-37)25-27-50-52(53)51-43-31-40(23-26-49(43)63-56(51)64-50)46-32-39(28-29-59-46)36-18-12-8-13-19-36/h7-34,62H,1-6H3. The van der Waals surface area contributed by atoms with Crippen molar-refractivity contribution in [3.63, 3.8) is 0 Å². The van der Waals surface area contributed by atoms with Crippen molar-refractivity contribution in [2.75, 3.05) is 0 Å². The minimum Gasteiger partial charge on any atom is -0.507 e. The lowest BCUT2D eigenvalue weighted by Gasteiger charge is -2.27. The lowest BCUT2D eigenvalue weighted by Crippen LogP contribution is -2.17. The van der Waals surface area contributed by atoms with Gasteiger partial charge in [-0.3, -0.25) is 9.55 Å². The van der Waals surface area contributed by atoms with E-state index in [1.54, 1.807) is 0 Å². The van der Waals surface area contributed by atoms with E-state index in [1.807, 2.05) is 42.6 Å². The largest absolute Gasteiger partial charge is 0.507 e. The van der Waals surface area contributed by atoms with Crippen molar-refractivity contribution in [1.82, 2.24) is 14.5 Å². The predicted molar refractivity (Wildman–Crippen MR) is 262 cm³/mol. The van der Waals surface area contributed by atoms with Gasteiger partial charge in [0.2, 0.25) is 0 Å². The monoisotopic (exact) mass is 833 g/mol. The molecule has 1 N–H and O–H groups in total. The van der Waals surface area contributed by atoms with Gasteiger partial charge in [-0.05, 0) is 105 Å². The average molecular weight is 834 g/mol. The molecule has 0 saturated carbocycles. The number of hydrogen-bond donors (Lipinski definition) is 1. The minimum atomic E-state index is -0.351. The van der Waals surface area contributed by atoms with E-state index >= 15 is 0 Å². The Morgan fingerprint density at radius 2 is 1.14 bits per heavy atom. The van der Waals surface area contributed by atoms with Crippen LogP contribution in [0.3, 0.4) is 0 Å². The van der Waals surface area contributed by atoms with Crippen molar-refractivity contribution in [3.05, 3.63) is 181 Å². The van der Waals surface area contributed by atoms with Gasteiger partial charge in [0.1, 0.15) is 28.3 Å². The Morgan fingerprint density at radius 1 is 0.516 bits per heavy atom. The van der Waals surface area contributed by atoms with Crippen LogP contribution in [0.1, 0.15) is 52.7 Å². The first-order valence-electron chi connectivity index (χ1n) is 21.9. The Bertz CT molecular complexity index is 3570. The maximum absolute atomic E-state index is 12.5. The number of phenolic OH excluding ortho intramolecular Hbond substituents is 1. The number of furan rings is 2. The molecule has 6 heteroatoms. The molecule has 11 rings (SSSR count). The first kappa shape index (κ1) is 39.2. The normalized spacial score (nSPS) is 12.3. The fraction of sp³-hybridized carbons (Fsp3) is 0.138. The highest BCUT2D eigenvalue weighted by Gasteiger charge is 2.30. The fourth-order valence-corrected chi connectivity index (χ4v) is 9.12. The molecule has 0 aliphatic rings. The Kier molecular flexibility index (Phi) is 9.00. The fourth-order valence-electron chi connectivity index (χ4n) is 9.12. The Balaban J connectivity index is 1.22. The molecule has 0 aliphatic heterocycles. The highest BCUT2D eigenvalue weighted by Crippen LogP contribution is 2.47. The van der Waals surface area contributed by atoms with E-state index in [-0.39, 0.29) is 16.6 Å². The van der Waals surface area contributed by atoms with Crippen LogP contribution in [-0.2, 0) is 10.8 Å². The summed E-state index contributed by atoms with van der Waals surface area (Å²) in [6.45, 7) is 13.1. The van der Waals surface area contributed by atoms with Crippen LogP contribution in [0.25, 0.3) is 106 Å². The van der Waals surface area contributed by atoms with Crippen molar-refractivity contribution >= 4 is 44.1 Å². The van der Waals surface area contributed by atoms with Crippen molar-refractivity contribution in [1.29, 1.82) is 0 Å². The Hall–Kier alpha value is -7.70. The second-order valence-corrected chi connectivity index (χ2v) is 18.8. The molecule has 0 bridgehead atoms. The van der Waals surface area contributed by atoms with Crippen LogP contribution in [-0.4, -0.2) is 19.6 Å². The van der Waals surface area contributed by atoms with E-state index in [1.165, 1.54) is 0 Å². The van der Waals surface area contributed by atoms with E-state index in [0.29, 0.717) is 28.3 Å². The number of benzene rings is 7. The number of imidazole rings is 1. The van der Waals surface area contributed by atoms with Crippen LogP contribution in [0.5, 0.6) is 5.75 Å². The molecule has 0 atom stereocenters. The predicted octanol–water partition coefficient (Wildman–Crippen LogP) is 15.7. The van der Waals surface area contributed by atoms with Gasteiger partial charge in [0, 0.05) is 28.3 Å². The summed E-state index contributed by atoms with van der Waals surface area (Å²) in [5, 5.41) is 15.1. The van der Waals surface area contributed by atoms with Gasteiger partial charge in [0.25, 0.3) is 5.78 Å². The van der Waals surface area contributed by atoms with Crippen LogP contribution in [0.4, 0.5) is 0 Å². The molecule has 4 heterocycles. The number of phenols is 1. The average Bonchev–Trinajstić information content (AvgIpc) is 3.98. The molecule has 312 valence electrons. The summed E-state index contributed by atoms with van der Waals surface area (Å²) >= 11 is 0. The molecular weight excluding hydrogens is 787 g/mol. The highest BCUT2D eigenvalue weighted by molar-refractivity contribution is 6.25. The van der Waals surface area contributed by atoms with Crippen molar-refractivity contribution in [2.45, 2.75) is 52.4 Å². The zero-order chi connectivity index (χ0) is 43.9. The number of pyridine rings is 1. The number of aromatic nitrogens is 3. The molecule has 11 aromatic rings. The van der Waals surface area contributed by atoms with E-state index in [9.17, 15) is 5.11 Å². The molecule has 0 aliphatic carbocycles. The topological polar surface area (TPSA) is 77.2 Å². The first-order chi connectivity index (χ1) is 30.9. The molecule has 0 fully saturated rings. The lowest BCUT2D eigenvalue weighted by atomic mass is 9.79. The maximum atomic E-state index is 12.5. The zero-order valence-corrected chi connectivity index (χ0v) is 36.8. The number of rotatable bonds is 6. The highest BCUT2D eigenvalue weighted by atomic mass is 16.5. The summed E-state index contributed by atoms with van der Waals surface area (Å²) in [6.07, 6.45) is 1.86. The summed E-state index contributed by atoms with van der Waals surface area (Å²) < 4.78 is 15.3. The van der Waals surface area contributed by atoms with E-state index in [0.717, 1.165) is 88.6 Å². The summed E-state index contributed by atoms with van der Waals surface area (Å²) in [5.74, 6) is 1.28. The third-order valence-electron chi connectivity index (χ3n) is 12.5. The second-order valence-electron chi connectivity index (χ2n) is 18.8. The van der Waals surface area contributed by atoms with Crippen molar-refractivity contribution in [3.8, 4) is 67.5 Å². The van der Waals surface area contributed by atoms with Gasteiger partial charge in [-0.2, -0.15) is 0 Å². The molecule has 4 aromatic heterocycles. The van der Waals surface area contributed by atoms with Crippen molar-refractivity contribution < 1.29 is 13.9 Å². The third-order valence-corrected chi connectivity index (χ3v) is 12.5. The van der Waals surface area contributed by atoms with Gasteiger partial charge >= 0.3 is 0 Å². The van der Waals surface area contributed by atoms with E-state index in [4.69, 9.17) is 18.8 Å². The van der Waals surface area contributed by atoms with Gasteiger partial charge in [-0.15, -0.1) is 0 Å². The molecule has 0 unspecified atom stereocenters. The van der Waals surface area contributed by atoms with E-state index < -0.39 is 0 Å². The summed E-state index contributed by atoms with van der Waals surface area (Å²) in [6, 6.07) is 56.7. The molecule has 0 amide bonds.